The van der Waals surface area contributed by atoms with Crippen LogP contribution in [0.4, 0.5) is 0 Å². The molecule has 100 valence electrons. The van der Waals surface area contributed by atoms with E-state index in [4.69, 9.17) is 10.2 Å². The quantitative estimate of drug-likeness (QED) is 0.640. The molecule has 1 aromatic carbocycles. The fourth-order valence-corrected chi connectivity index (χ4v) is 1.86. The van der Waals surface area contributed by atoms with E-state index in [9.17, 15) is 14.4 Å². The molecule has 0 radical (unpaired) electrons. The fraction of sp³-hybridized carbons (Fsp3) is 0.154. The predicted octanol–water partition coefficient (Wildman–Crippen LogP) is 2.51. The zero-order chi connectivity index (χ0) is 14.6. The van der Waals surface area contributed by atoms with Crippen LogP contribution in [-0.4, -0.2) is 27.9 Å². The second-order valence-corrected chi connectivity index (χ2v) is 4.71. The maximum atomic E-state index is 11.4. The number of hydrogen-bond acceptors (Lipinski definition) is 3. The molecule has 0 aliphatic heterocycles. The van der Waals surface area contributed by atoms with Gasteiger partial charge in [0.1, 0.15) is 5.78 Å². The molecule has 6 heteroatoms. The normalized spacial score (nSPS) is 12.3. The van der Waals surface area contributed by atoms with Crippen LogP contribution in [0.25, 0.3) is 6.08 Å². The van der Waals surface area contributed by atoms with Gasteiger partial charge in [-0.05, 0) is 36.3 Å². The van der Waals surface area contributed by atoms with Crippen LogP contribution in [0.3, 0.4) is 0 Å². The first-order valence-corrected chi connectivity index (χ1v) is 6.17. The van der Waals surface area contributed by atoms with Gasteiger partial charge in [-0.15, -0.1) is 0 Å². The van der Waals surface area contributed by atoms with Crippen LogP contribution in [0.5, 0.6) is 0 Å². The lowest BCUT2D eigenvalue weighted by Gasteiger charge is -2.11. The second kappa shape index (κ2) is 6.29. The Balaban J connectivity index is 3.34. The number of Topliss-reactive ketones (excluding diaryl/α,β-unsaturated/α-hetero) is 1. The van der Waals surface area contributed by atoms with Gasteiger partial charge in [-0.2, -0.15) is 0 Å². The molecule has 0 heterocycles. The Morgan fingerprint density at radius 2 is 1.89 bits per heavy atom. The van der Waals surface area contributed by atoms with E-state index in [2.05, 4.69) is 15.9 Å². The molecule has 2 N–H and O–H groups in total. The van der Waals surface area contributed by atoms with E-state index in [1.165, 1.54) is 31.2 Å². The molecule has 0 amide bonds. The summed E-state index contributed by atoms with van der Waals surface area (Å²) >= 11 is 3.17. The van der Waals surface area contributed by atoms with Crippen molar-refractivity contribution in [1.82, 2.24) is 0 Å². The largest absolute Gasteiger partial charge is 0.478 e. The van der Waals surface area contributed by atoms with Crippen molar-refractivity contribution in [3.05, 3.63) is 41.0 Å². The Hall–Kier alpha value is -1.95. The van der Waals surface area contributed by atoms with E-state index < -0.39 is 16.8 Å². The third-order valence-corrected chi connectivity index (χ3v) is 3.51. The van der Waals surface area contributed by atoms with E-state index in [0.29, 0.717) is 11.1 Å². The Kier molecular flexibility index (Phi) is 5.00. The van der Waals surface area contributed by atoms with Gasteiger partial charge in [0.15, 0.2) is 0 Å². The SMILES string of the molecule is CC(=O)C(Br)c1cc(C(=O)O)ccc1C=CC(=O)O. The number of benzene rings is 1. The van der Waals surface area contributed by atoms with Gasteiger partial charge in [-0.25, -0.2) is 9.59 Å². The van der Waals surface area contributed by atoms with Crippen molar-refractivity contribution in [2.45, 2.75) is 11.8 Å². The van der Waals surface area contributed by atoms with Crippen LogP contribution in [0.2, 0.25) is 0 Å². The van der Waals surface area contributed by atoms with Gasteiger partial charge in [0.2, 0.25) is 0 Å². The van der Waals surface area contributed by atoms with Crippen molar-refractivity contribution in [3.63, 3.8) is 0 Å². The van der Waals surface area contributed by atoms with Crippen molar-refractivity contribution < 1.29 is 24.6 Å². The van der Waals surface area contributed by atoms with Crippen LogP contribution in [0, 0.1) is 0 Å². The molecule has 19 heavy (non-hydrogen) atoms. The molecule has 5 nitrogen and oxygen atoms in total. The van der Waals surface area contributed by atoms with Crippen molar-refractivity contribution in [2.24, 2.45) is 0 Å². The highest BCUT2D eigenvalue weighted by molar-refractivity contribution is 9.09. The van der Waals surface area contributed by atoms with Gasteiger partial charge in [-0.1, -0.05) is 22.0 Å². The van der Waals surface area contributed by atoms with Crippen LogP contribution < -0.4 is 0 Å². The minimum absolute atomic E-state index is 0.0353. The Morgan fingerprint density at radius 1 is 1.26 bits per heavy atom. The van der Waals surface area contributed by atoms with Crippen molar-refractivity contribution in [3.8, 4) is 0 Å². The number of halogens is 1. The molecule has 1 unspecified atom stereocenters. The highest BCUT2D eigenvalue weighted by atomic mass is 79.9. The third kappa shape index (κ3) is 4.03. The van der Waals surface area contributed by atoms with E-state index in [-0.39, 0.29) is 11.3 Å². The number of alkyl halides is 1. The minimum Gasteiger partial charge on any atom is -0.478 e. The Labute approximate surface area is 117 Å². The predicted molar refractivity (Wildman–Crippen MR) is 72.4 cm³/mol. The van der Waals surface area contributed by atoms with Gasteiger partial charge in [0.05, 0.1) is 10.4 Å². The Bertz CT molecular complexity index is 562. The van der Waals surface area contributed by atoms with Gasteiger partial charge in [0.25, 0.3) is 0 Å². The lowest BCUT2D eigenvalue weighted by atomic mass is 9.99. The van der Waals surface area contributed by atoms with E-state index in [1.54, 1.807) is 0 Å². The summed E-state index contributed by atoms with van der Waals surface area (Å²) in [6.07, 6.45) is 2.25. The summed E-state index contributed by atoms with van der Waals surface area (Å²) in [5.74, 6) is -2.44. The van der Waals surface area contributed by atoms with Crippen LogP contribution in [0.15, 0.2) is 24.3 Å². The number of carboxylic acid groups (broad SMARTS) is 2. The lowest BCUT2D eigenvalue weighted by Crippen LogP contribution is -2.06. The number of ketones is 1. The van der Waals surface area contributed by atoms with Gasteiger partial charge < -0.3 is 10.2 Å². The molecule has 0 aliphatic carbocycles. The first kappa shape index (κ1) is 15.1. The summed E-state index contributed by atoms with van der Waals surface area (Å²) < 4.78 is 0. The molecule has 0 aliphatic rings. The molecule has 1 rings (SSSR count). The highest BCUT2D eigenvalue weighted by Crippen LogP contribution is 2.29. The lowest BCUT2D eigenvalue weighted by molar-refractivity contribution is -0.131. The number of carbonyl (C=O) groups excluding carboxylic acids is 1. The molecule has 0 aromatic heterocycles. The minimum atomic E-state index is -1.12. The average Bonchev–Trinajstić information content (AvgIpc) is 2.34. The van der Waals surface area contributed by atoms with Gasteiger partial charge in [-0.3, -0.25) is 4.79 Å². The van der Waals surface area contributed by atoms with Gasteiger partial charge >= 0.3 is 11.9 Å². The summed E-state index contributed by atoms with van der Waals surface area (Å²) in [7, 11) is 0. The molecule has 0 fully saturated rings. The molecule has 0 spiro atoms. The first-order chi connectivity index (χ1) is 8.82. The summed E-state index contributed by atoms with van der Waals surface area (Å²) in [4.78, 5) is 32.1. The number of carboxylic acids is 2. The first-order valence-electron chi connectivity index (χ1n) is 5.25. The second-order valence-electron chi connectivity index (χ2n) is 3.79. The van der Waals surface area contributed by atoms with Gasteiger partial charge in [0, 0.05) is 6.08 Å². The van der Waals surface area contributed by atoms with Crippen LogP contribution in [0.1, 0.15) is 33.2 Å². The van der Waals surface area contributed by atoms with Crippen LogP contribution in [-0.2, 0) is 9.59 Å². The maximum absolute atomic E-state index is 11.4. The van der Waals surface area contributed by atoms with E-state index >= 15 is 0 Å². The van der Waals surface area contributed by atoms with Crippen LogP contribution >= 0.6 is 15.9 Å². The third-order valence-electron chi connectivity index (χ3n) is 2.37. The topological polar surface area (TPSA) is 91.7 Å². The van der Waals surface area contributed by atoms with E-state index in [1.807, 2.05) is 0 Å². The molecular formula is C13H11BrO5. The number of hydrogen-bond donors (Lipinski definition) is 2. The summed E-state index contributed by atoms with van der Waals surface area (Å²) in [6, 6.07) is 4.17. The number of rotatable bonds is 5. The Morgan fingerprint density at radius 3 is 2.37 bits per heavy atom. The van der Waals surface area contributed by atoms with E-state index in [0.717, 1.165) is 6.08 Å². The summed E-state index contributed by atoms with van der Waals surface area (Å²) in [6.45, 7) is 1.36. The summed E-state index contributed by atoms with van der Waals surface area (Å²) in [5, 5.41) is 17.5. The zero-order valence-corrected chi connectivity index (χ0v) is 11.5. The molecule has 1 aromatic rings. The summed E-state index contributed by atoms with van der Waals surface area (Å²) in [5.41, 5.74) is 0.933. The molecule has 0 saturated heterocycles. The number of aliphatic carboxylic acids is 1. The highest BCUT2D eigenvalue weighted by Gasteiger charge is 2.17. The molecule has 0 saturated carbocycles. The maximum Gasteiger partial charge on any atom is 0.335 e. The number of carbonyl (C=O) groups is 3. The molecule has 0 bridgehead atoms. The molecule has 1 atom stereocenters. The monoisotopic (exact) mass is 326 g/mol. The fourth-order valence-electron chi connectivity index (χ4n) is 1.46. The number of aromatic carboxylic acids is 1. The average molecular weight is 327 g/mol. The molecular weight excluding hydrogens is 316 g/mol. The van der Waals surface area contributed by atoms with Crippen molar-refractivity contribution in [1.29, 1.82) is 0 Å². The van der Waals surface area contributed by atoms with Crippen molar-refractivity contribution >= 4 is 39.7 Å². The van der Waals surface area contributed by atoms with Crippen molar-refractivity contribution in [2.75, 3.05) is 0 Å². The standard InChI is InChI=1S/C13H11BrO5/c1-7(15)12(14)10-6-9(13(18)19)3-2-8(10)4-5-11(16)17/h2-6,12H,1H3,(H,16,17)(H,18,19). The zero-order valence-electron chi connectivity index (χ0n) is 9.96. The smallest absolute Gasteiger partial charge is 0.335 e.